The van der Waals surface area contributed by atoms with Crippen LogP contribution in [0.4, 0.5) is 0 Å². The van der Waals surface area contributed by atoms with E-state index in [4.69, 9.17) is 19.9 Å². The van der Waals surface area contributed by atoms with Crippen molar-refractivity contribution >= 4 is 16.6 Å². The number of aliphatic hydroxyl groups excluding tert-OH is 1. The number of nitrogens with two attached hydrogens (primary N) is 1. The maximum absolute atomic E-state index is 12.0. The van der Waals surface area contributed by atoms with Gasteiger partial charge in [-0.15, -0.1) is 0 Å². The summed E-state index contributed by atoms with van der Waals surface area (Å²) in [6.07, 6.45) is 19.5. The average molecular weight is 942 g/mol. The molecule has 6 aliphatic rings. The number of ether oxygens (including phenoxy) is 3. The van der Waals surface area contributed by atoms with Crippen LogP contribution in [-0.4, -0.2) is 63.2 Å². The fourth-order valence-electron chi connectivity index (χ4n) is 12.6. The van der Waals surface area contributed by atoms with Gasteiger partial charge in [-0.1, -0.05) is 86.0 Å². The number of dihydropyridines is 1. The van der Waals surface area contributed by atoms with E-state index < -0.39 is 6.10 Å². The number of unbranched alkanes of at least 4 members (excludes halogenated alkanes) is 3. The number of hydrogen-bond acceptors (Lipinski definition) is 9. The molecule has 70 heavy (non-hydrogen) atoms. The van der Waals surface area contributed by atoms with E-state index in [0.29, 0.717) is 50.6 Å². The maximum atomic E-state index is 12.0. The quantitative estimate of drug-likeness (QED) is 0.0738. The number of phenolic OH excluding ortho intramolecular Hbond substituents is 3. The highest BCUT2D eigenvalue weighted by atomic mass is 16.5. The molecule has 1 unspecified atom stereocenters. The summed E-state index contributed by atoms with van der Waals surface area (Å²) in [5.41, 5.74) is 17.7. The first-order chi connectivity index (χ1) is 34.2. The number of aromatic nitrogens is 1. The minimum Gasteiger partial charge on any atom is -0.508 e. The summed E-state index contributed by atoms with van der Waals surface area (Å²) < 4.78 is 22.1. The molecule has 7 N–H and O–H groups in total. The van der Waals surface area contributed by atoms with Crippen molar-refractivity contribution in [1.82, 2.24) is 9.88 Å². The molecule has 1 fully saturated rings. The van der Waals surface area contributed by atoms with Crippen molar-refractivity contribution in [3.05, 3.63) is 171 Å². The fraction of sp³-hybridized carbons (Fsp3) is 0.400. The van der Waals surface area contributed by atoms with Gasteiger partial charge in [0.15, 0.2) is 11.5 Å². The number of rotatable bonds is 10. The van der Waals surface area contributed by atoms with Crippen LogP contribution in [0.25, 0.3) is 16.6 Å². The molecule has 364 valence electrons. The van der Waals surface area contributed by atoms with Gasteiger partial charge in [0.05, 0.1) is 31.6 Å². The van der Waals surface area contributed by atoms with Gasteiger partial charge in [0.25, 0.3) is 0 Å². The number of aromatic hydroxyl groups is 3. The van der Waals surface area contributed by atoms with Crippen molar-refractivity contribution in [1.29, 1.82) is 0 Å². The second-order valence-electron chi connectivity index (χ2n) is 20.7. The molecule has 0 radical (unpaired) electrons. The molecular weight excluding hydrogens is 875 g/mol. The molecule has 6 aromatic rings. The zero-order valence-electron chi connectivity index (χ0n) is 40.1. The minimum atomic E-state index is -0.554. The van der Waals surface area contributed by atoms with Crippen LogP contribution in [0.2, 0.25) is 0 Å². The van der Waals surface area contributed by atoms with Crippen LogP contribution in [0.15, 0.2) is 121 Å². The smallest absolute Gasteiger partial charge is 0.164 e. The summed E-state index contributed by atoms with van der Waals surface area (Å²) in [5, 5.41) is 49.7. The lowest BCUT2D eigenvalue weighted by atomic mass is 9.57. The van der Waals surface area contributed by atoms with Crippen molar-refractivity contribution in [3.63, 3.8) is 0 Å². The molecule has 5 aromatic carbocycles. The van der Waals surface area contributed by atoms with Crippen molar-refractivity contribution in [2.45, 2.75) is 120 Å². The number of hydrogen-bond donors (Lipinski definition) is 6. The lowest BCUT2D eigenvalue weighted by Crippen LogP contribution is -2.47. The number of phenols is 3. The number of aliphatic hydroxyl groups is 1. The van der Waals surface area contributed by atoms with E-state index in [2.05, 4.69) is 70.8 Å². The number of benzene rings is 5. The van der Waals surface area contributed by atoms with Gasteiger partial charge >= 0.3 is 0 Å². The Bertz CT molecular complexity index is 2940. The first-order valence-electron chi connectivity index (χ1n) is 25.8. The number of aryl methyl sites for hydroxylation is 2. The second-order valence-corrected chi connectivity index (χ2v) is 20.7. The highest BCUT2D eigenvalue weighted by molar-refractivity contribution is 5.88. The molecular formula is C60H67N3O7. The highest BCUT2D eigenvalue weighted by Crippen LogP contribution is 2.52. The largest absolute Gasteiger partial charge is 0.508 e. The topological polar surface area (TPSA) is 152 Å². The predicted octanol–water partition coefficient (Wildman–Crippen LogP) is 10.3. The molecule has 5 heterocycles. The van der Waals surface area contributed by atoms with E-state index in [1.807, 2.05) is 30.3 Å². The third-order valence-electron chi connectivity index (χ3n) is 16.3. The number of nitrogens with one attached hydrogen (secondary N) is 1. The summed E-state index contributed by atoms with van der Waals surface area (Å²) >= 11 is 0. The highest BCUT2D eigenvalue weighted by Gasteiger charge is 2.47. The van der Waals surface area contributed by atoms with Gasteiger partial charge in [-0.05, 0) is 157 Å². The van der Waals surface area contributed by atoms with E-state index in [1.54, 1.807) is 24.3 Å². The van der Waals surface area contributed by atoms with Crippen LogP contribution in [0.3, 0.4) is 0 Å². The third kappa shape index (κ3) is 9.35. The second kappa shape index (κ2) is 20.0. The lowest BCUT2D eigenvalue weighted by molar-refractivity contribution is -0.00196. The van der Waals surface area contributed by atoms with Gasteiger partial charge in [-0.2, -0.15) is 0 Å². The molecule has 10 nitrogen and oxygen atoms in total. The minimum absolute atomic E-state index is 0.0549. The van der Waals surface area contributed by atoms with Crippen molar-refractivity contribution in [3.8, 4) is 23.0 Å². The molecule has 6 bridgehead atoms. The number of nitrogens with zero attached hydrogens (tertiary/aromatic N) is 1. The van der Waals surface area contributed by atoms with Crippen LogP contribution in [0.5, 0.6) is 23.0 Å². The zero-order chi connectivity index (χ0) is 47.8. The Morgan fingerprint density at radius 2 is 1.69 bits per heavy atom. The molecule has 0 saturated carbocycles. The van der Waals surface area contributed by atoms with Gasteiger partial charge in [0.2, 0.25) is 0 Å². The molecule has 4 aliphatic heterocycles. The van der Waals surface area contributed by atoms with Crippen LogP contribution >= 0.6 is 0 Å². The van der Waals surface area contributed by atoms with Crippen molar-refractivity contribution < 1.29 is 34.6 Å². The zero-order valence-corrected chi connectivity index (χ0v) is 40.1. The van der Waals surface area contributed by atoms with Crippen LogP contribution in [-0.2, 0) is 53.6 Å². The summed E-state index contributed by atoms with van der Waals surface area (Å²) in [5.74, 6) is 2.46. The Balaban J connectivity index is 0.878. The predicted molar refractivity (Wildman–Crippen MR) is 274 cm³/mol. The van der Waals surface area contributed by atoms with Crippen LogP contribution in [0.1, 0.15) is 108 Å². The Morgan fingerprint density at radius 1 is 0.800 bits per heavy atom. The monoisotopic (exact) mass is 941 g/mol. The summed E-state index contributed by atoms with van der Waals surface area (Å²) in [6.45, 7) is 2.08. The van der Waals surface area contributed by atoms with Crippen molar-refractivity contribution in [2.24, 2.45) is 17.6 Å². The average Bonchev–Trinajstić information content (AvgIpc) is 3.81. The SMILES string of the molecule is NC1C=CC2=C(N1)n1cc3cc([C@]45CCOC[C@@H]4CCc4ccccc45)cc(c3c1)COc1c(O)ccc3c1CC[C@H](C3)[C@@H](O)C[C@H](CCCCCCc1ccc(O)c(Cc3cccc(O)c3)c1)OC2. The number of fused-ring (bicyclic) bond motifs is 9. The van der Waals surface area contributed by atoms with E-state index in [9.17, 15) is 20.4 Å². The fourth-order valence-corrected chi connectivity index (χ4v) is 12.6. The molecule has 1 saturated heterocycles. The van der Waals surface area contributed by atoms with E-state index in [0.717, 1.165) is 121 Å². The summed E-state index contributed by atoms with van der Waals surface area (Å²) in [4.78, 5) is 0. The summed E-state index contributed by atoms with van der Waals surface area (Å²) in [7, 11) is 0. The summed E-state index contributed by atoms with van der Waals surface area (Å²) in [6, 6.07) is 30.6. The van der Waals surface area contributed by atoms with E-state index in [-0.39, 0.29) is 47.5 Å². The van der Waals surface area contributed by atoms with Gasteiger partial charge in [-0.25, -0.2) is 0 Å². The first-order valence-corrected chi connectivity index (χ1v) is 25.8. The van der Waals surface area contributed by atoms with Gasteiger partial charge in [-0.3, -0.25) is 0 Å². The molecule has 10 heteroatoms. The molecule has 0 amide bonds. The molecule has 12 rings (SSSR count). The van der Waals surface area contributed by atoms with E-state index in [1.165, 1.54) is 22.3 Å². The van der Waals surface area contributed by atoms with E-state index >= 15 is 0 Å². The van der Waals surface area contributed by atoms with Crippen LogP contribution < -0.4 is 15.8 Å². The Hall–Kier alpha value is -6.04. The van der Waals surface area contributed by atoms with Gasteiger partial charge in [0.1, 0.15) is 23.9 Å². The Morgan fingerprint density at radius 3 is 2.60 bits per heavy atom. The standard InChI is InChI=1S/C60H67N3O7/c61-57-23-18-43-35-69-50(12-4-2-1-3-8-38-14-21-54(65)44(26-38)27-39-9-7-11-49(64)28-39)32-56(67)42-16-20-51-41(29-42)17-22-55(66)58(51)70-36-46-31-48(30-45-33-63(34-52(45)46)59(43)62-57)60-24-25-68-37-47(60)19-15-40-10-5-6-13-53(40)60/h5-7,9-11,13-14,17-18,21-23,26,28,30-31,33-34,42,47,50,56-57,62,64-67H,1-4,8,12,15-16,19-20,24-25,27,29,32,35-37,61H2/t42-,47+,50+,56+,57?,60+/m1/s1. The molecule has 2 aliphatic carbocycles. The Labute approximate surface area is 411 Å². The molecule has 1 aromatic heterocycles. The molecule has 0 spiro atoms. The van der Waals surface area contributed by atoms with Crippen LogP contribution in [0, 0.1) is 11.8 Å². The Kier molecular flexibility index (Phi) is 13.2. The first kappa shape index (κ1) is 46.3. The van der Waals surface area contributed by atoms with Gasteiger partial charge in [0, 0.05) is 52.7 Å². The molecule has 6 atom stereocenters. The maximum Gasteiger partial charge on any atom is 0.164 e. The lowest BCUT2D eigenvalue weighted by Gasteiger charge is -2.49. The van der Waals surface area contributed by atoms with Gasteiger partial charge < -0.3 is 50.3 Å². The normalized spacial score (nSPS) is 24.3. The van der Waals surface area contributed by atoms with Crippen molar-refractivity contribution in [2.75, 3.05) is 19.8 Å². The third-order valence-corrected chi connectivity index (χ3v) is 16.3.